The van der Waals surface area contributed by atoms with Crippen LogP contribution >= 0.6 is 0 Å². The van der Waals surface area contributed by atoms with Crippen molar-refractivity contribution in [1.82, 2.24) is 4.90 Å². The third-order valence-electron chi connectivity index (χ3n) is 3.57. The van der Waals surface area contributed by atoms with Gasteiger partial charge >= 0.3 is 12.1 Å². The van der Waals surface area contributed by atoms with Gasteiger partial charge in [0.25, 0.3) is 0 Å². The molecule has 0 saturated carbocycles. The van der Waals surface area contributed by atoms with Gasteiger partial charge in [-0.25, -0.2) is 9.59 Å². The molecule has 7 nitrogen and oxygen atoms in total. The largest absolute Gasteiger partial charge is 0.479 e. The van der Waals surface area contributed by atoms with Crippen LogP contribution in [0.4, 0.5) is 4.79 Å². The van der Waals surface area contributed by atoms with Crippen LogP contribution < -0.4 is 0 Å². The van der Waals surface area contributed by atoms with E-state index in [4.69, 9.17) is 4.74 Å². The standard InChI is InChI=1S/C14H17NO6/c16-9-14(12(18)19)6-11(17)7-15(14)13(20)21-8-10-4-2-1-3-5-10/h1-5,11,16-17H,6-9H2,(H,18,19). The number of nitrogens with zero attached hydrogens (tertiary/aromatic N) is 1. The molecule has 114 valence electrons. The molecule has 3 N–H and O–H groups in total. The zero-order chi connectivity index (χ0) is 15.5. The quantitative estimate of drug-likeness (QED) is 0.732. The number of hydrogen-bond donors (Lipinski definition) is 3. The molecule has 1 aromatic carbocycles. The summed E-state index contributed by atoms with van der Waals surface area (Å²) in [6.45, 7) is -0.965. The molecule has 1 amide bonds. The summed E-state index contributed by atoms with van der Waals surface area (Å²) in [5, 5.41) is 28.3. The highest BCUT2D eigenvalue weighted by molar-refractivity contribution is 5.85. The smallest absolute Gasteiger partial charge is 0.411 e. The van der Waals surface area contributed by atoms with Gasteiger partial charge in [0.05, 0.1) is 19.3 Å². The Balaban J connectivity index is 2.08. The summed E-state index contributed by atoms with van der Waals surface area (Å²) in [7, 11) is 0. The lowest BCUT2D eigenvalue weighted by molar-refractivity contribution is -0.151. The molecular formula is C14H17NO6. The molecule has 2 unspecified atom stereocenters. The molecule has 1 aliphatic rings. The lowest BCUT2D eigenvalue weighted by atomic mass is 9.97. The first-order valence-corrected chi connectivity index (χ1v) is 6.50. The maximum absolute atomic E-state index is 12.1. The molecule has 21 heavy (non-hydrogen) atoms. The lowest BCUT2D eigenvalue weighted by Gasteiger charge is -2.31. The van der Waals surface area contributed by atoms with Gasteiger partial charge in [0.2, 0.25) is 0 Å². The molecule has 7 heteroatoms. The number of benzene rings is 1. The molecule has 0 aromatic heterocycles. The van der Waals surface area contributed by atoms with E-state index in [1.54, 1.807) is 24.3 Å². The van der Waals surface area contributed by atoms with Crippen LogP contribution in [-0.4, -0.2) is 57.1 Å². The Labute approximate surface area is 121 Å². The fourth-order valence-electron chi connectivity index (χ4n) is 2.42. The molecule has 0 spiro atoms. The van der Waals surface area contributed by atoms with Crippen molar-refractivity contribution in [2.75, 3.05) is 13.2 Å². The maximum atomic E-state index is 12.1. The Kier molecular flexibility index (Phi) is 4.44. The van der Waals surface area contributed by atoms with Crippen LogP contribution in [0.25, 0.3) is 0 Å². The molecule has 0 bridgehead atoms. The number of amides is 1. The zero-order valence-corrected chi connectivity index (χ0v) is 11.3. The minimum absolute atomic E-state index is 0.00655. The van der Waals surface area contributed by atoms with E-state index in [2.05, 4.69) is 0 Å². The number of carboxylic acid groups (broad SMARTS) is 1. The van der Waals surface area contributed by atoms with Crippen molar-refractivity contribution < 1.29 is 29.6 Å². The van der Waals surface area contributed by atoms with Crippen LogP contribution in [-0.2, 0) is 16.1 Å². The first-order valence-electron chi connectivity index (χ1n) is 6.50. The Hall–Kier alpha value is -2.12. The molecule has 0 aliphatic carbocycles. The highest BCUT2D eigenvalue weighted by Crippen LogP contribution is 2.30. The molecule has 2 atom stereocenters. The number of carboxylic acids is 1. The fraction of sp³-hybridized carbons (Fsp3) is 0.429. The van der Waals surface area contributed by atoms with Gasteiger partial charge in [-0.05, 0) is 5.56 Å². The summed E-state index contributed by atoms with van der Waals surface area (Å²) >= 11 is 0. The van der Waals surface area contributed by atoms with Crippen molar-refractivity contribution in [3.63, 3.8) is 0 Å². The van der Waals surface area contributed by atoms with Crippen LogP contribution in [0, 0.1) is 0 Å². The van der Waals surface area contributed by atoms with Crippen molar-refractivity contribution >= 4 is 12.1 Å². The first kappa shape index (κ1) is 15.3. The van der Waals surface area contributed by atoms with Gasteiger partial charge in [0, 0.05) is 6.42 Å². The number of carbonyl (C=O) groups is 2. The molecule has 2 rings (SSSR count). The molecule has 1 saturated heterocycles. The van der Waals surface area contributed by atoms with E-state index >= 15 is 0 Å². The summed E-state index contributed by atoms with van der Waals surface area (Å²) in [4.78, 5) is 24.3. The van der Waals surface area contributed by atoms with E-state index in [0.717, 1.165) is 10.5 Å². The van der Waals surface area contributed by atoms with Gasteiger partial charge in [-0.3, -0.25) is 4.90 Å². The topological polar surface area (TPSA) is 107 Å². The predicted molar refractivity (Wildman–Crippen MR) is 71.4 cm³/mol. The SMILES string of the molecule is O=C(OCc1ccccc1)N1CC(O)CC1(CO)C(=O)O. The number of rotatable bonds is 4. The van der Waals surface area contributed by atoms with E-state index in [1.807, 2.05) is 6.07 Å². The van der Waals surface area contributed by atoms with Crippen LogP contribution in [0.15, 0.2) is 30.3 Å². The van der Waals surface area contributed by atoms with E-state index in [0.29, 0.717) is 0 Å². The molecule has 0 radical (unpaired) electrons. The maximum Gasteiger partial charge on any atom is 0.411 e. The lowest BCUT2D eigenvalue weighted by Crippen LogP contribution is -2.55. The number of aliphatic hydroxyl groups is 2. The van der Waals surface area contributed by atoms with Gasteiger partial charge in [-0.2, -0.15) is 0 Å². The number of aliphatic carboxylic acids is 1. The average Bonchev–Trinajstić information content (AvgIpc) is 2.84. The summed E-state index contributed by atoms with van der Waals surface area (Å²) in [5.41, 5.74) is -1.07. The molecule has 1 aliphatic heterocycles. The van der Waals surface area contributed by atoms with Gasteiger partial charge < -0.3 is 20.1 Å². The van der Waals surface area contributed by atoms with Crippen molar-refractivity contribution in [2.45, 2.75) is 24.7 Å². The van der Waals surface area contributed by atoms with Gasteiger partial charge in [0.15, 0.2) is 5.54 Å². The molecule has 1 aromatic rings. The summed E-state index contributed by atoms with van der Waals surface area (Å²) in [6, 6.07) is 8.94. The molecule has 1 fully saturated rings. The summed E-state index contributed by atoms with van der Waals surface area (Å²) < 4.78 is 5.07. The molecule has 1 heterocycles. The van der Waals surface area contributed by atoms with Crippen molar-refractivity contribution in [3.8, 4) is 0 Å². The molecular weight excluding hydrogens is 278 g/mol. The van der Waals surface area contributed by atoms with E-state index in [1.165, 1.54) is 0 Å². The first-order chi connectivity index (χ1) is 9.99. The van der Waals surface area contributed by atoms with Crippen molar-refractivity contribution in [3.05, 3.63) is 35.9 Å². The highest BCUT2D eigenvalue weighted by atomic mass is 16.6. The Morgan fingerprint density at radius 2 is 2.00 bits per heavy atom. The Morgan fingerprint density at radius 3 is 2.57 bits per heavy atom. The minimum atomic E-state index is -1.83. The monoisotopic (exact) mass is 295 g/mol. The van der Waals surface area contributed by atoms with Crippen LogP contribution in [0.1, 0.15) is 12.0 Å². The van der Waals surface area contributed by atoms with Gasteiger partial charge in [0.1, 0.15) is 6.61 Å². The normalized spacial score (nSPS) is 24.9. The Morgan fingerprint density at radius 1 is 1.33 bits per heavy atom. The summed E-state index contributed by atoms with van der Waals surface area (Å²) in [6.07, 6.45) is -2.09. The van der Waals surface area contributed by atoms with E-state index in [9.17, 15) is 24.9 Å². The number of carbonyl (C=O) groups excluding carboxylic acids is 1. The second-order valence-electron chi connectivity index (χ2n) is 5.00. The number of β-amino-alcohol motifs (C(OH)–C–C–N with tert-alkyl or cyclic N) is 1. The third kappa shape index (κ3) is 2.98. The second kappa shape index (κ2) is 6.11. The Bertz CT molecular complexity index is 519. The van der Waals surface area contributed by atoms with Crippen molar-refractivity contribution in [1.29, 1.82) is 0 Å². The second-order valence-corrected chi connectivity index (χ2v) is 5.00. The third-order valence-corrected chi connectivity index (χ3v) is 3.57. The number of aliphatic hydroxyl groups excluding tert-OH is 2. The minimum Gasteiger partial charge on any atom is -0.479 e. The van der Waals surface area contributed by atoms with Crippen LogP contribution in [0.5, 0.6) is 0 Å². The van der Waals surface area contributed by atoms with E-state index in [-0.39, 0.29) is 19.6 Å². The highest BCUT2D eigenvalue weighted by Gasteiger charge is 2.54. The van der Waals surface area contributed by atoms with Crippen LogP contribution in [0.2, 0.25) is 0 Å². The van der Waals surface area contributed by atoms with Gasteiger partial charge in [-0.15, -0.1) is 0 Å². The van der Waals surface area contributed by atoms with Crippen LogP contribution in [0.3, 0.4) is 0 Å². The number of ether oxygens (including phenoxy) is 1. The number of hydrogen-bond acceptors (Lipinski definition) is 5. The number of likely N-dealkylation sites (tertiary alicyclic amines) is 1. The average molecular weight is 295 g/mol. The summed E-state index contributed by atoms with van der Waals surface area (Å²) in [5.74, 6) is -1.36. The van der Waals surface area contributed by atoms with Crippen molar-refractivity contribution in [2.24, 2.45) is 0 Å². The zero-order valence-electron chi connectivity index (χ0n) is 11.3. The fourth-order valence-corrected chi connectivity index (χ4v) is 2.42. The van der Waals surface area contributed by atoms with Gasteiger partial charge in [-0.1, -0.05) is 30.3 Å². The van der Waals surface area contributed by atoms with E-state index < -0.39 is 30.3 Å². The predicted octanol–water partition coefficient (Wildman–Crippen LogP) is 0.205.